The molecule has 1 aliphatic carbocycles. The Morgan fingerprint density at radius 2 is 2.05 bits per heavy atom. The standard InChI is InChI=1S/C16H21NO3S/c1-20-16(19)12-6-5-7-13(10-12)17-15(18)11-21-14-8-3-2-4-9-14/h5-7,10,14H,2-4,8-9,11H2,1H3,(H,17,18). The van der Waals surface area contributed by atoms with Gasteiger partial charge in [-0.3, -0.25) is 4.79 Å². The van der Waals surface area contributed by atoms with Crippen LogP contribution in [0.4, 0.5) is 5.69 Å². The van der Waals surface area contributed by atoms with Crippen LogP contribution in [0.3, 0.4) is 0 Å². The summed E-state index contributed by atoms with van der Waals surface area (Å²) < 4.78 is 4.67. The van der Waals surface area contributed by atoms with Crippen LogP contribution < -0.4 is 5.32 Å². The lowest BCUT2D eigenvalue weighted by Crippen LogP contribution is -2.18. The van der Waals surface area contributed by atoms with Gasteiger partial charge in [-0.05, 0) is 31.0 Å². The first-order chi connectivity index (χ1) is 10.2. The number of ether oxygens (including phenoxy) is 1. The molecule has 0 radical (unpaired) electrons. The molecule has 21 heavy (non-hydrogen) atoms. The normalized spacial score (nSPS) is 15.5. The number of anilines is 1. The maximum absolute atomic E-state index is 12.0. The summed E-state index contributed by atoms with van der Waals surface area (Å²) in [5, 5.41) is 3.45. The number of benzene rings is 1. The third-order valence-corrected chi connectivity index (χ3v) is 4.94. The molecule has 1 amide bonds. The highest BCUT2D eigenvalue weighted by Gasteiger charge is 2.15. The minimum Gasteiger partial charge on any atom is -0.465 e. The third-order valence-electron chi connectivity index (χ3n) is 3.57. The highest BCUT2D eigenvalue weighted by atomic mass is 32.2. The first-order valence-electron chi connectivity index (χ1n) is 7.29. The van der Waals surface area contributed by atoms with E-state index in [1.807, 2.05) is 0 Å². The van der Waals surface area contributed by atoms with Crippen molar-refractivity contribution in [2.75, 3.05) is 18.2 Å². The second kappa shape index (κ2) is 8.08. The number of carbonyl (C=O) groups is 2. The van der Waals surface area contributed by atoms with Crippen LogP contribution in [0.25, 0.3) is 0 Å². The largest absolute Gasteiger partial charge is 0.465 e. The van der Waals surface area contributed by atoms with Crippen molar-refractivity contribution >= 4 is 29.3 Å². The summed E-state index contributed by atoms with van der Waals surface area (Å²) in [5.74, 6) is 0.0443. The zero-order valence-corrected chi connectivity index (χ0v) is 13.1. The maximum atomic E-state index is 12.0. The van der Waals surface area contributed by atoms with Gasteiger partial charge in [0.25, 0.3) is 0 Å². The van der Waals surface area contributed by atoms with Crippen LogP contribution in [0.1, 0.15) is 42.5 Å². The maximum Gasteiger partial charge on any atom is 0.337 e. The second-order valence-corrected chi connectivity index (χ2v) is 6.48. The van der Waals surface area contributed by atoms with Crippen molar-refractivity contribution in [1.82, 2.24) is 0 Å². The Morgan fingerprint density at radius 3 is 2.76 bits per heavy atom. The number of nitrogens with one attached hydrogen (secondary N) is 1. The van der Waals surface area contributed by atoms with Gasteiger partial charge < -0.3 is 10.1 Å². The Balaban J connectivity index is 1.83. The van der Waals surface area contributed by atoms with Gasteiger partial charge in [0.05, 0.1) is 18.4 Å². The highest BCUT2D eigenvalue weighted by molar-refractivity contribution is 8.00. The van der Waals surface area contributed by atoms with E-state index in [0.29, 0.717) is 22.3 Å². The average molecular weight is 307 g/mol. The first-order valence-corrected chi connectivity index (χ1v) is 8.34. The summed E-state index contributed by atoms with van der Waals surface area (Å²) in [4.78, 5) is 23.4. The molecule has 1 N–H and O–H groups in total. The van der Waals surface area contributed by atoms with E-state index in [2.05, 4.69) is 10.1 Å². The molecule has 0 aliphatic heterocycles. The van der Waals surface area contributed by atoms with Crippen LogP contribution in [0, 0.1) is 0 Å². The fourth-order valence-corrected chi connectivity index (χ4v) is 3.59. The van der Waals surface area contributed by atoms with E-state index >= 15 is 0 Å². The zero-order valence-electron chi connectivity index (χ0n) is 12.3. The molecule has 1 aromatic carbocycles. The molecule has 1 fully saturated rings. The van der Waals surface area contributed by atoms with Gasteiger partial charge in [0, 0.05) is 10.9 Å². The number of thioether (sulfide) groups is 1. The Kier molecular flexibility index (Phi) is 6.11. The van der Waals surface area contributed by atoms with Gasteiger partial charge in [-0.1, -0.05) is 25.3 Å². The molecule has 0 unspecified atom stereocenters. The van der Waals surface area contributed by atoms with Crippen molar-refractivity contribution < 1.29 is 14.3 Å². The van der Waals surface area contributed by atoms with Crippen molar-refractivity contribution in [3.63, 3.8) is 0 Å². The van der Waals surface area contributed by atoms with Crippen LogP contribution in [0.15, 0.2) is 24.3 Å². The molecule has 1 aromatic rings. The number of hydrogen-bond acceptors (Lipinski definition) is 4. The third kappa shape index (κ3) is 5.08. The highest BCUT2D eigenvalue weighted by Crippen LogP contribution is 2.28. The van der Waals surface area contributed by atoms with Gasteiger partial charge in [-0.15, -0.1) is 11.8 Å². The van der Waals surface area contributed by atoms with E-state index in [1.54, 1.807) is 36.0 Å². The number of rotatable bonds is 5. The number of methoxy groups -OCH3 is 1. The molecule has 114 valence electrons. The lowest BCUT2D eigenvalue weighted by Gasteiger charge is -2.20. The quantitative estimate of drug-likeness (QED) is 0.846. The molecule has 0 atom stereocenters. The molecule has 1 saturated carbocycles. The predicted molar refractivity (Wildman–Crippen MR) is 85.7 cm³/mol. The molecular weight excluding hydrogens is 286 g/mol. The molecule has 1 aliphatic rings. The van der Waals surface area contributed by atoms with E-state index in [0.717, 1.165) is 0 Å². The van der Waals surface area contributed by atoms with E-state index in [9.17, 15) is 9.59 Å². The second-order valence-electron chi connectivity index (χ2n) is 5.19. The fourth-order valence-electron chi connectivity index (χ4n) is 2.46. The average Bonchev–Trinajstić information content (AvgIpc) is 2.53. The molecule has 2 rings (SSSR count). The van der Waals surface area contributed by atoms with E-state index in [-0.39, 0.29) is 5.91 Å². The Labute approximate surface area is 129 Å². The molecule has 0 bridgehead atoms. The summed E-state index contributed by atoms with van der Waals surface area (Å²) in [6.45, 7) is 0. The zero-order chi connectivity index (χ0) is 15.1. The minimum absolute atomic E-state index is 0.0208. The Bertz CT molecular complexity index is 498. The van der Waals surface area contributed by atoms with E-state index < -0.39 is 5.97 Å². The molecule has 0 heterocycles. The van der Waals surface area contributed by atoms with Gasteiger partial charge in [0.1, 0.15) is 0 Å². The minimum atomic E-state index is -0.400. The summed E-state index contributed by atoms with van der Waals surface area (Å²) in [5.41, 5.74) is 1.07. The summed E-state index contributed by atoms with van der Waals surface area (Å²) in [6.07, 6.45) is 6.32. The van der Waals surface area contributed by atoms with E-state index in [1.165, 1.54) is 39.2 Å². The van der Waals surface area contributed by atoms with Crippen molar-refractivity contribution in [2.24, 2.45) is 0 Å². The lowest BCUT2D eigenvalue weighted by atomic mass is 10.0. The SMILES string of the molecule is COC(=O)c1cccc(NC(=O)CSC2CCCCC2)c1. The van der Waals surface area contributed by atoms with E-state index in [4.69, 9.17) is 0 Å². The van der Waals surface area contributed by atoms with Gasteiger partial charge in [-0.2, -0.15) is 0 Å². The van der Waals surface area contributed by atoms with Crippen LogP contribution >= 0.6 is 11.8 Å². The molecule has 0 aromatic heterocycles. The van der Waals surface area contributed by atoms with Gasteiger partial charge in [-0.25, -0.2) is 4.79 Å². The summed E-state index contributed by atoms with van der Waals surface area (Å²) in [7, 11) is 1.34. The predicted octanol–water partition coefficient (Wildman–Crippen LogP) is 3.48. The number of esters is 1. The monoisotopic (exact) mass is 307 g/mol. The van der Waals surface area contributed by atoms with Crippen LogP contribution in [-0.4, -0.2) is 30.0 Å². The summed E-state index contributed by atoms with van der Waals surface area (Å²) in [6, 6.07) is 6.80. The van der Waals surface area contributed by atoms with Crippen LogP contribution in [-0.2, 0) is 9.53 Å². The molecule has 4 nitrogen and oxygen atoms in total. The van der Waals surface area contributed by atoms with Gasteiger partial charge in [0.15, 0.2) is 0 Å². The van der Waals surface area contributed by atoms with Crippen LogP contribution in [0.2, 0.25) is 0 Å². The fraction of sp³-hybridized carbons (Fsp3) is 0.500. The topological polar surface area (TPSA) is 55.4 Å². The smallest absolute Gasteiger partial charge is 0.337 e. The molecule has 5 heteroatoms. The number of carbonyl (C=O) groups excluding carboxylic acids is 2. The molecular formula is C16H21NO3S. The van der Waals surface area contributed by atoms with Crippen LogP contribution in [0.5, 0.6) is 0 Å². The number of hydrogen-bond donors (Lipinski definition) is 1. The van der Waals surface area contributed by atoms with Crippen molar-refractivity contribution in [3.8, 4) is 0 Å². The lowest BCUT2D eigenvalue weighted by molar-refractivity contribution is -0.113. The molecule has 0 saturated heterocycles. The van der Waals surface area contributed by atoms with Crippen molar-refractivity contribution in [2.45, 2.75) is 37.4 Å². The Morgan fingerprint density at radius 1 is 1.29 bits per heavy atom. The first kappa shape index (κ1) is 15.9. The van der Waals surface area contributed by atoms with Crippen molar-refractivity contribution in [1.29, 1.82) is 0 Å². The summed E-state index contributed by atoms with van der Waals surface area (Å²) >= 11 is 1.74. The molecule has 0 spiro atoms. The van der Waals surface area contributed by atoms with Gasteiger partial charge >= 0.3 is 5.97 Å². The van der Waals surface area contributed by atoms with Crippen molar-refractivity contribution in [3.05, 3.63) is 29.8 Å². The van der Waals surface area contributed by atoms with Gasteiger partial charge in [0.2, 0.25) is 5.91 Å². The number of amides is 1. The Hall–Kier alpha value is -1.49.